The van der Waals surface area contributed by atoms with Gasteiger partial charge >= 0.3 is 11.4 Å². The summed E-state index contributed by atoms with van der Waals surface area (Å²) in [6.45, 7) is 0. The molecular weight excluding hydrogens is 314 g/mol. The Kier molecular flexibility index (Phi) is 4.47. The molecule has 2 atom stereocenters. The maximum Gasteiger partial charge on any atom is 0.352 e. The third-order valence-electron chi connectivity index (χ3n) is 5.45. The maximum absolute atomic E-state index is 13.1. The van der Waals surface area contributed by atoms with Crippen molar-refractivity contribution >= 4 is 0 Å². The van der Waals surface area contributed by atoms with Crippen molar-refractivity contribution in [3.05, 3.63) is 63.5 Å². The van der Waals surface area contributed by atoms with Crippen LogP contribution in [0.25, 0.3) is 5.69 Å². The Bertz CT molecular complexity index is 821. The van der Waals surface area contributed by atoms with Crippen LogP contribution in [0.1, 0.15) is 63.5 Å². The van der Waals surface area contributed by atoms with Gasteiger partial charge in [0.1, 0.15) is 0 Å². The van der Waals surface area contributed by atoms with Crippen molar-refractivity contribution in [2.75, 3.05) is 0 Å². The van der Waals surface area contributed by atoms with Crippen LogP contribution < -0.4 is 11.4 Å². The maximum atomic E-state index is 13.1. The Hall–Kier alpha value is -2.30. The molecule has 1 aromatic heterocycles. The van der Waals surface area contributed by atoms with Gasteiger partial charge in [-0.1, -0.05) is 68.9 Å². The van der Waals surface area contributed by atoms with Gasteiger partial charge in [-0.15, -0.1) is 0 Å². The van der Waals surface area contributed by atoms with Gasteiger partial charge in [-0.25, -0.2) is 23.5 Å². The number of nitrogens with zero attached hydrogens (tertiary/aromatic N) is 3. The number of para-hydroxylation sites is 1. The predicted octanol–water partition coefficient (Wildman–Crippen LogP) is 3.59. The molecule has 2 bridgehead atoms. The third kappa shape index (κ3) is 2.92. The van der Waals surface area contributed by atoms with Gasteiger partial charge in [0.25, 0.3) is 0 Å². The van der Waals surface area contributed by atoms with Gasteiger partial charge in [-0.3, -0.25) is 0 Å². The number of rotatable bonds is 1. The molecule has 0 spiro atoms. The summed E-state index contributed by atoms with van der Waals surface area (Å²) in [6, 6.07) is 9.23. The van der Waals surface area contributed by atoms with E-state index in [1.54, 1.807) is 9.36 Å². The van der Waals surface area contributed by atoms with Crippen LogP contribution in [0.2, 0.25) is 0 Å². The van der Waals surface area contributed by atoms with E-state index in [-0.39, 0.29) is 23.5 Å². The van der Waals surface area contributed by atoms with E-state index in [2.05, 4.69) is 12.2 Å². The molecule has 2 aromatic rings. The number of aromatic nitrogens is 3. The monoisotopic (exact) mass is 339 g/mol. The van der Waals surface area contributed by atoms with Gasteiger partial charge in [0.05, 0.1) is 17.8 Å². The zero-order valence-electron chi connectivity index (χ0n) is 14.5. The zero-order chi connectivity index (χ0) is 17.2. The van der Waals surface area contributed by atoms with Crippen molar-refractivity contribution in [3.63, 3.8) is 0 Å². The molecule has 0 radical (unpaired) electrons. The average molecular weight is 339 g/mol. The van der Waals surface area contributed by atoms with Crippen LogP contribution in [-0.2, 0) is 0 Å². The fraction of sp³-hybridized carbons (Fsp3) is 0.500. The van der Waals surface area contributed by atoms with Gasteiger partial charge in [-0.05, 0) is 25.0 Å². The lowest BCUT2D eigenvalue weighted by Gasteiger charge is -2.27. The van der Waals surface area contributed by atoms with Crippen molar-refractivity contribution in [1.29, 1.82) is 0 Å². The molecule has 0 unspecified atom stereocenters. The predicted molar refractivity (Wildman–Crippen MR) is 98.4 cm³/mol. The number of hydrogen-bond donors (Lipinski definition) is 0. The second kappa shape index (κ2) is 6.90. The SMILES string of the molecule is O=c1n(-c2ccccc2)c(=O)n2n1[C@@H]1C=C[C@H]2CCCCCCCC1. The Labute approximate surface area is 147 Å². The highest BCUT2D eigenvalue weighted by Crippen LogP contribution is 2.28. The average Bonchev–Trinajstić information content (AvgIpc) is 2.88. The summed E-state index contributed by atoms with van der Waals surface area (Å²) >= 11 is 0. The standard InChI is InChI=1S/C20H25N3O2/c24-19-21(16-10-8-5-9-11-16)20(25)23-18-13-7-4-2-1-3-6-12-17(14-15-18)22(19)23/h5,8-11,14-15,17-18H,1-4,6-7,12-13H2/t17-,18+. The zero-order valence-corrected chi connectivity index (χ0v) is 14.5. The van der Waals surface area contributed by atoms with Gasteiger partial charge in [0, 0.05) is 0 Å². The van der Waals surface area contributed by atoms with Crippen molar-refractivity contribution in [2.45, 2.75) is 63.5 Å². The largest absolute Gasteiger partial charge is 0.352 e. The molecule has 0 amide bonds. The van der Waals surface area contributed by atoms with Crippen molar-refractivity contribution in [2.24, 2.45) is 0 Å². The summed E-state index contributed by atoms with van der Waals surface area (Å²) < 4.78 is 4.75. The van der Waals surface area contributed by atoms with Crippen molar-refractivity contribution in [1.82, 2.24) is 13.9 Å². The van der Waals surface area contributed by atoms with Gasteiger partial charge < -0.3 is 0 Å². The van der Waals surface area contributed by atoms with E-state index in [1.165, 1.54) is 30.3 Å². The minimum atomic E-state index is -0.215. The summed E-state index contributed by atoms with van der Waals surface area (Å²) in [5.74, 6) is 0. The van der Waals surface area contributed by atoms with Crippen molar-refractivity contribution in [3.8, 4) is 5.69 Å². The van der Waals surface area contributed by atoms with Crippen LogP contribution in [-0.4, -0.2) is 13.9 Å². The van der Waals surface area contributed by atoms with Crippen LogP contribution in [0.3, 0.4) is 0 Å². The van der Waals surface area contributed by atoms with Gasteiger partial charge in [0.2, 0.25) is 0 Å². The lowest BCUT2D eigenvalue weighted by molar-refractivity contribution is 0.309. The Balaban J connectivity index is 1.86. The van der Waals surface area contributed by atoms with E-state index in [0.717, 1.165) is 25.7 Å². The first kappa shape index (κ1) is 16.2. The molecule has 132 valence electrons. The molecule has 0 saturated carbocycles. The molecule has 5 nitrogen and oxygen atoms in total. The second-order valence-electron chi connectivity index (χ2n) is 7.14. The fourth-order valence-electron chi connectivity index (χ4n) is 4.14. The summed E-state index contributed by atoms with van der Waals surface area (Å²) in [6.07, 6.45) is 13.3. The highest BCUT2D eigenvalue weighted by atomic mass is 16.2. The topological polar surface area (TPSA) is 48.9 Å². The first-order chi connectivity index (χ1) is 12.3. The number of allylic oxidation sites excluding steroid dienone is 2. The molecule has 4 rings (SSSR count). The Morgan fingerprint density at radius 1 is 0.680 bits per heavy atom. The molecule has 1 aliphatic heterocycles. The summed E-state index contributed by atoms with van der Waals surface area (Å²) in [5, 5.41) is 0. The lowest BCUT2D eigenvalue weighted by atomic mass is 9.99. The molecule has 0 N–H and O–H groups in total. The molecular formula is C20H25N3O2. The van der Waals surface area contributed by atoms with E-state index in [9.17, 15) is 9.59 Å². The van der Waals surface area contributed by atoms with Crippen LogP contribution in [0, 0.1) is 0 Å². The molecule has 25 heavy (non-hydrogen) atoms. The summed E-state index contributed by atoms with van der Waals surface area (Å²) in [5.41, 5.74) is 0.217. The minimum absolute atomic E-state index is 0.0131. The molecule has 1 aliphatic carbocycles. The normalized spacial score (nSPS) is 23.7. The first-order valence-electron chi connectivity index (χ1n) is 9.47. The highest BCUT2D eigenvalue weighted by Gasteiger charge is 2.28. The van der Waals surface area contributed by atoms with E-state index in [1.807, 2.05) is 30.3 Å². The van der Waals surface area contributed by atoms with E-state index >= 15 is 0 Å². The molecule has 5 heteroatoms. The quantitative estimate of drug-likeness (QED) is 0.746. The smallest absolute Gasteiger partial charge is 0.245 e. The number of benzene rings is 1. The molecule has 2 aliphatic rings. The van der Waals surface area contributed by atoms with Crippen molar-refractivity contribution < 1.29 is 0 Å². The molecule has 0 saturated heterocycles. The third-order valence-corrected chi connectivity index (χ3v) is 5.45. The van der Waals surface area contributed by atoms with E-state index in [4.69, 9.17) is 0 Å². The van der Waals surface area contributed by atoms with Crippen LogP contribution >= 0.6 is 0 Å². The fourth-order valence-corrected chi connectivity index (χ4v) is 4.14. The summed E-state index contributed by atoms with van der Waals surface area (Å²) in [7, 11) is 0. The Morgan fingerprint density at radius 3 is 1.68 bits per heavy atom. The molecule has 0 fully saturated rings. The second-order valence-corrected chi connectivity index (χ2v) is 7.14. The van der Waals surface area contributed by atoms with Crippen LogP contribution in [0.5, 0.6) is 0 Å². The van der Waals surface area contributed by atoms with Gasteiger partial charge in [-0.2, -0.15) is 0 Å². The first-order valence-corrected chi connectivity index (χ1v) is 9.47. The van der Waals surface area contributed by atoms with Crippen LogP contribution in [0.15, 0.2) is 52.1 Å². The van der Waals surface area contributed by atoms with Crippen LogP contribution in [0.4, 0.5) is 0 Å². The van der Waals surface area contributed by atoms with E-state index in [0.29, 0.717) is 5.69 Å². The Morgan fingerprint density at radius 2 is 1.16 bits per heavy atom. The lowest BCUT2D eigenvalue weighted by Crippen LogP contribution is -2.35. The summed E-state index contributed by atoms with van der Waals surface area (Å²) in [4.78, 5) is 26.2. The molecule has 1 aromatic carbocycles. The number of hydrogen-bond acceptors (Lipinski definition) is 2. The number of fused-ring (bicyclic) bond motifs is 5. The minimum Gasteiger partial charge on any atom is -0.245 e. The van der Waals surface area contributed by atoms with Gasteiger partial charge in [0.15, 0.2) is 0 Å². The molecule has 2 heterocycles. The highest BCUT2D eigenvalue weighted by molar-refractivity contribution is 5.30. The van der Waals surface area contributed by atoms with E-state index < -0.39 is 0 Å².